The predicted molar refractivity (Wildman–Crippen MR) is 131 cm³/mol. The Labute approximate surface area is 206 Å². The highest BCUT2D eigenvalue weighted by Gasteiger charge is 2.47. The molecule has 8 nitrogen and oxygen atoms in total. The average Bonchev–Trinajstić information content (AvgIpc) is 3.38. The number of ether oxygens (including phenoxy) is 2. The van der Waals surface area contributed by atoms with Gasteiger partial charge in [-0.2, -0.15) is 0 Å². The van der Waals surface area contributed by atoms with Crippen LogP contribution in [0.3, 0.4) is 0 Å². The Kier molecular flexibility index (Phi) is 6.90. The van der Waals surface area contributed by atoms with Crippen molar-refractivity contribution in [2.75, 3.05) is 20.2 Å². The van der Waals surface area contributed by atoms with E-state index in [4.69, 9.17) is 9.47 Å². The lowest BCUT2D eigenvalue weighted by molar-refractivity contribution is -0.175. The van der Waals surface area contributed by atoms with E-state index in [2.05, 4.69) is 16.4 Å². The number of carbonyl (C=O) groups excluding carboxylic acids is 2. The molecule has 3 heterocycles. The Morgan fingerprint density at radius 3 is 2.71 bits per heavy atom. The molecule has 1 aromatic heterocycles. The van der Waals surface area contributed by atoms with Gasteiger partial charge >= 0.3 is 0 Å². The van der Waals surface area contributed by atoms with Gasteiger partial charge in [0.15, 0.2) is 6.10 Å². The number of rotatable bonds is 6. The number of benzene rings is 1. The summed E-state index contributed by atoms with van der Waals surface area (Å²) in [5.74, 6) is 1.70. The van der Waals surface area contributed by atoms with E-state index in [-0.39, 0.29) is 11.8 Å². The van der Waals surface area contributed by atoms with Gasteiger partial charge in [0.2, 0.25) is 5.91 Å². The molecular formula is C27H34N4O4. The number of carbonyl (C=O) groups is 2. The molecule has 0 bridgehead atoms. The zero-order valence-corrected chi connectivity index (χ0v) is 20.4. The maximum Gasteiger partial charge on any atom is 0.251 e. The summed E-state index contributed by atoms with van der Waals surface area (Å²) in [6, 6.07) is 7.63. The van der Waals surface area contributed by atoms with E-state index in [1.807, 2.05) is 39.9 Å². The number of nitrogens with zero attached hydrogens (tertiary/aromatic N) is 3. The molecule has 35 heavy (non-hydrogen) atoms. The fourth-order valence-electron chi connectivity index (χ4n) is 5.41. The number of allylic oxidation sites excluding steroid dienone is 1. The van der Waals surface area contributed by atoms with E-state index in [0.29, 0.717) is 45.4 Å². The molecule has 2 aromatic rings. The SMILES string of the molecule is COc1ccc(CNC(=O)C2Cn3ccnc3C3(CCN(C(=O)CC4=CCCCC4)CC3)O2)cc1. The van der Waals surface area contributed by atoms with Crippen LogP contribution >= 0.6 is 0 Å². The van der Waals surface area contributed by atoms with Crippen molar-refractivity contribution >= 4 is 11.8 Å². The third-order valence-corrected chi connectivity index (χ3v) is 7.46. The van der Waals surface area contributed by atoms with Gasteiger partial charge in [-0.25, -0.2) is 4.98 Å². The van der Waals surface area contributed by atoms with Gasteiger partial charge in [0.05, 0.1) is 13.7 Å². The number of nitrogens with one attached hydrogen (secondary N) is 1. The summed E-state index contributed by atoms with van der Waals surface area (Å²) in [5.41, 5.74) is 1.62. The van der Waals surface area contributed by atoms with Gasteiger partial charge in [-0.05, 0) is 43.4 Å². The van der Waals surface area contributed by atoms with Crippen molar-refractivity contribution < 1.29 is 19.1 Å². The number of hydrogen-bond acceptors (Lipinski definition) is 5. The molecule has 1 spiro atoms. The standard InChI is InChI=1S/C27H34N4O4/c1-34-22-9-7-21(8-10-22)18-29-25(33)23-19-31-16-13-28-26(31)27(35-23)11-14-30(15-12-27)24(32)17-20-5-3-2-4-6-20/h5,7-10,13,16,23H,2-4,6,11-12,14-15,17-19H2,1H3,(H,29,33). The van der Waals surface area contributed by atoms with E-state index in [1.165, 1.54) is 18.4 Å². The predicted octanol–water partition coefficient (Wildman–Crippen LogP) is 3.32. The van der Waals surface area contributed by atoms with Gasteiger partial charge < -0.3 is 24.3 Å². The Morgan fingerprint density at radius 2 is 2.00 bits per heavy atom. The second kappa shape index (κ2) is 10.2. The molecular weight excluding hydrogens is 444 g/mol. The summed E-state index contributed by atoms with van der Waals surface area (Å²) in [6.45, 7) is 2.07. The molecule has 1 saturated heterocycles. The molecule has 1 aliphatic carbocycles. The first-order valence-electron chi connectivity index (χ1n) is 12.6. The Bertz CT molecular complexity index is 1080. The molecule has 1 fully saturated rings. The third-order valence-electron chi connectivity index (χ3n) is 7.46. The molecule has 5 rings (SSSR count). The maximum atomic E-state index is 13.1. The van der Waals surface area contributed by atoms with Crippen LogP contribution in [-0.4, -0.2) is 52.6 Å². The van der Waals surface area contributed by atoms with Crippen LogP contribution < -0.4 is 10.1 Å². The lowest BCUT2D eigenvalue weighted by Crippen LogP contribution is -2.54. The highest BCUT2D eigenvalue weighted by Crippen LogP contribution is 2.40. The van der Waals surface area contributed by atoms with Gasteiger partial charge in [0.25, 0.3) is 5.91 Å². The largest absolute Gasteiger partial charge is 0.497 e. The summed E-state index contributed by atoms with van der Waals surface area (Å²) in [4.78, 5) is 32.5. The van der Waals surface area contributed by atoms with Crippen LogP contribution in [0.2, 0.25) is 0 Å². The van der Waals surface area contributed by atoms with Crippen molar-refractivity contribution in [1.29, 1.82) is 0 Å². The van der Waals surface area contributed by atoms with Crippen LogP contribution in [0.25, 0.3) is 0 Å². The quantitative estimate of drug-likeness (QED) is 0.644. The number of amides is 2. The van der Waals surface area contributed by atoms with Crippen molar-refractivity contribution in [3.8, 4) is 5.75 Å². The Morgan fingerprint density at radius 1 is 1.20 bits per heavy atom. The minimum Gasteiger partial charge on any atom is -0.497 e. The van der Waals surface area contributed by atoms with E-state index >= 15 is 0 Å². The van der Waals surface area contributed by atoms with Crippen molar-refractivity contribution in [2.45, 2.75) is 69.7 Å². The normalized spacial score (nSPS) is 21.2. The average molecular weight is 479 g/mol. The van der Waals surface area contributed by atoms with Crippen LogP contribution in [-0.2, 0) is 33.0 Å². The molecule has 186 valence electrons. The Balaban J connectivity index is 1.22. The monoisotopic (exact) mass is 478 g/mol. The zero-order valence-electron chi connectivity index (χ0n) is 20.4. The highest BCUT2D eigenvalue weighted by atomic mass is 16.5. The molecule has 2 amide bonds. The minimum absolute atomic E-state index is 0.137. The zero-order chi connectivity index (χ0) is 24.3. The number of piperidine rings is 1. The first kappa shape index (κ1) is 23.6. The van der Waals surface area contributed by atoms with Gasteiger partial charge in [0, 0.05) is 51.3 Å². The van der Waals surface area contributed by atoms with Crippen LogP contribution in [0.5, 0.6) is 5.75 Å². The summed E-state index contributed by atoms with van der Waals surface area (Å²) >= 11 is 0. The fourth-order valence-corrected chi connectivity index (χ4v) is 5.41. The molecule has 3 aliphatic rings. The first-order valence-corrected chi connectivity index (χ1v) is 12.6. The Hall–Kier alpha value is -3.13. The molecule has 0 radical (unpaired) electrons. The van der Waals surface area contributed by atoms with Crippen molar-refractivity contribution in [1.82, 2.24) is 19.8 Å². The molecule has 1 N–H and O–H groups in total. The topological polar surface area (TPSA) is 85.7 Å². The van der Waals surface area contributed by atoms with Gasteiger partial charge in [-0.3, -0.25) is 9.59 Å². The van der Waals surface area contributed by atoms with E-state index in [9.17, 15) is 9.59 Å². The second-order valence-corrected chi connectivity index (χ2v) is 9.74. The first-order chi connectivity index (χ1) is 17.1. The van der Waals surface area contributed by atoms with Gasteiger partial charge in [-0.15, -0.1) is 0 Å². The number of likely N-dealkylation sites (tertiary alicyclic amines) is 1. The van der Waals surface area contributed by atoms with Crippen LogP contribution in [0.1, 0.15) is 56.3 Å². The van der Waals surface area contributed by atoms with Crippen LogP contribution in [0.15, 0.2) is 48.3 Å². The van der Waals surface area contributed by atoms with Crippen molar-refractivity contribution in [2.24, 2.45) is 0 Å². The lowest BCUT2D eigenvalue weighted by Gasteiger charge is -2.45. The lowest BCUT2D eigenvalue weighted by atomic mass is 9.88. The molecule has 1 atom stereocenters. The summed E-state index contributed by atoms with van der Waals surface area (Å²) in [5, 5.41) is 3.01. The molecule has 2 aliphatic heterocycles. The summed E-state index contributed by atoms with van der Waals surface area (Å²) in [6.07, 6.45) is 11.6. The minimum atomic E-state index is -0.648. The van der Waals surface area contributed by atoms with Gasteiger partial charge in [0.1, 0.15) is 17.2 Å². The highest BCUT2D eigenvalue weighted by molar-refractivity contribution is 5.81. The number of methoxy groups -OCH3 is 1. The molecule has 8 heteroatoms. The van der Waals surface area contributed by atoms with E-state index in [1.54, 1.807) is 13.3 Å². The van der Waals surface area contributed by atoms with Crippen LogP contribution in [0.4, 0.5) is 0 Å². The summed E-state index contributed by atoms with van der Waals surface area (Å²) in [7, 11) is 1.63. The van der Waals surface area contributed by atoms with Crippen molar-refractivity contribution in [3.63, 3.8) is 0 Å². The fraction of sp³-hybridized carbons (Fsp3) is 0.519. The number of aromatic nitrogens is 2. The maximum absolute atomic E-state index is 13.1. The smallest absolute Gasteiger partial charge is 0.251 e. The van der Waals surface area contributed by atoms with Crippen molar-refractivity contribution in [3.05, 3.63) is 59.7 Å². The van der Waals surface area contributed by atoms with Gasteiger partial charge in [-0.1, -0.05) is 23.8 Å². The van der Waals surface area contributed by atoms with Crippen LogP contribution in [0, 0.1) is 0 Å². The number of hydrogen-bond donors (Lipinski definition) is 1. The molecule has 0 saturated carbocycles. The molecule has 1 aromatic carbocycles. The third kappa shape index (κ3) is 5.12. The molecule has 1 unspecified atom stereocenters. The number of fused-ring (bicyclic) bond motifs is 2. The summed E-state index contributed by atoms with van der Waals surface area (Å²) < 4.78 is 13.7. The van der Waals surface area contributed by atoms with E-state index < -0.39 is 11.7 Å². The van der Waals surface area contributed by atoms with E-state index in [0.717, 1.165) is 30.0 Å². The second-order valence-electron chi connectivity index (χ2n) is 9.74. The number of imidazole rings is 1.